The van der Waals surface area contributed by atoms with E-state index in [0.717, 1.165) is 34.8 Å². The predicted octanol–water partition coefficient (Wildman–Crippen LogP) is 4.93. The number of nitrogens with one attached hydrogen (secondary N) is 3. The Morgan fingerprint density at radius 2 is 1.76 bits per heavy atom. The van der Waals surface area contributed by atoms with Crippen LogP contribution < -0.4 is 15.4 Å². The fourth-order valence-corrected chi connectivity index (χ4v) is 3.51. The van der Waals surface area contributed by atoms with Crippen LogP contribution in [0.5, 0.6) is 0 Å². The highest BCUT2D eigenvalue weighted by atomic mass is 32.2. The number of nitrogens with zero attached hydrogens (tertiary/aromatic N) is 2. The van der Waals surface area contributed by atoms with E-state index in [1.54, 1.807) is 6.20 Å². The molecule has 0 saturated carbocycles. The Bertz CT molecular complexity index is 959. The van der Waals surface area contributed by atoms with Gasteiger partial charge in [-0.05, 0) is 61.2 Å². The molecule has 0 radical (unpaired) electrons. The summed E-state index contributed by atoms with van der Waals surface area (Å²) >= 11 is 0. The van der Waals surface area contributed by atoms with Crippen molar-refractivity contribution in [2.24, 2.45) is 5.92 Å². The molecular weight excluding hydrogens is 382 g/mol. The van der Waals surface area contributed by atoms with E-state index >= 15 is 0 Å². The number of aromatic nitrogens is 2. The van der Waals surface area contributed by atoms with Crippen LogP contribution >= 0.6 is 0 Å². The summed E-state index contributed by atoms with van der Waals surface area (Å²) in [6.07, 6.45) is 2.70. The van der Waals surface area contributed by atoms with E-state index in [9.17, 15) is 4.21 Å². The first kappa shape index (κ1) is 21.0. The zero-order chi connectivity index (χ0) is 20.6. The molecule has 0 bridgehead atoms. The Morgan fingerprint density at radius 1 is 1.00 bits per heavy atom. The molecule has 3 aromatic rings. The second-order valence-electron chi connectivity index (χ2n) is 7.20. The highest BCUT2D eigenvalue weighted by molar-refractivity contribution is 7.83. The zero-order valence-electron chi connectivity index (χ0n) is 17.0. The second-order valence-corrected chi connectivity index (χ2v) is 8.50. The molecule has 29 heavy (non-hydrogen) atoms. The van der Waals surface area contributed by atoms with Crippen molar-refractivity contribution in [3.8, 4) is 0 Å². The number of anilines is 4. The number of rotatable bonds is 9. The van der Waals surface area contributed by atoms with Crippen molar-refractivity contribution in [2.75, 3.05) is 17.2 Å². The highest BCUT2D eigenvalue weighted by Crippen LogP contribution is 2.20. The Balaban J connectivity index is 1.61. The van der Waals surface area contributed by atoms with Crippen molar-refractivity contribution in [2.45, 2.75) is 32.1 Å². The van der Waals surface area contributed by atoms with Gasteiger partial charge in [-0.25, -0.2) is 13.9 Å². The first-order valence-electron chi connectivity index (χ1n) is 9.69. The number of hydrogen-bond acceptors (Lipinski definition) is 5. The van der Waals surface area contributed by atoms with Crippen LogP contribution in [0.15, 0.2) is 65.7 Å². The van der Waals surface area contributed by atoms with Gasteiger partial charge in [0.05, 0.1) is 4.90 Å². The van der Waals surface area contributed by atoms with Crippen molar-refractivity contribution in [3.05, 3.63) is 66.4 Å². The fourth-order valence-electron chi connectivity index (χ4n) is 2.65. The lowest BCUT2D eigenvalue weighted by molar-refractivity contribution is 0.578. The molecule has 0 aliphatic carbocycles. The molecule has 1 unspecified atom stereocenters. The number of para-hydroxylation sites is 1. The van der Waals surface area contributed by atoms with Crippen molar-refractivity contribution in [1.82, 2.24) is 14.7 Å². The Kier molecular flexibility index (Phi) is 7.32. The van der Waals surface area contributed by atoms with Crippen LogP contribution in [-0.4, -0.2) is 20.7 Å². The summed E-state index contributed by atoms with van der Waals surface area (Å²) in [7, 11) is -1.20. The Hall–Kier alpha value is -2.77. The summed E-state index contributed by atoms with van der Waals surface area (Å²) in [6, 6.07) is 17.3. The molecule has 0 amide bonds. The van der Waals surface area contributed by atoms with Gasteiger partial charge >= 0.3 is 0 Å². The number of aryl methyl sites for hydroxylation is 1. The minimum atomic E-state index is -1.20. The second kappa shape index (κ2) is 10.1. The molecule has 2 aromatic carbocycles. The summed E-state index contributed by atoms with van der Waals surface area (Å²) in [5.74, 6) is 1.79. The lowest BCUT2D eigenvalue weighted by atomic mass is 10.1. The Labute approximate surface area is 174 Å². The van der Waals surface area contributed by atoms with Gasteiger partial charge in [-0.2, -0.15) is 4.98 Å². The van der Waals surface area contributed by atoms with E-state index in [4.69, 9.17) is 0 Å². The van der Waals surface area contributed by atoms with Crippen LogP contribution in [0.2, 0.25) is 0 Å². The number of hydrogen-bond donors (Lipinski definition) is 3. The van der Waals surface area contributed by atoms with Gasteiger partial charge < -0.3 is 10.6 Å². The van der Waals surface area contributed by atoms with Crippen LogP contribution in [0.1, 0.15) is 25.8 Å². The molecule has 7 heteroatoms. The molecule has 0 aliphatic heterocycles. The van der Waals surface area contributed by atoms with Gasteiger partial charge in [-0.3, -0.25) is 0 Å². The molecule has 3 rings (SSSR count). The van der Waals surface area contributed by atoms with Crippen molar-refractivity contribution in [3.63, 3.8) is 0 Å². The van der Waals surface area contributed by atoms with Gasteiger partial charge in [0, 0.05) is 24.1 Å². The normalized spacial score (nSPS) is 12.0. The smallest absolute Gasteiger partial charge is 0.229 e. The maximum atomic E-state index is 12.3. The van der Waals surface area contributed by atoms with Gasteiger partial charge in [0.25, 0.3) is 0 Å². The Morgan fingerprint density at radius 3 is 2.48 bits per heavy atom. The minimum Gasteiger partial charge on any atom is -0.340 e. The minimum absolute atomic E-state index is 0.493. The molecule has 0 spiro atoms. The summed E-state index contributed by atoms with van der Waals surface area (Å²) in [4.78, 5) is 9.54. The predicted molar refractivity (Wildman–Crippen MR) is 120 cm³/mol. The highest BCUT2D eigenvalue weighted by Gasteiger charge is 2.06. The van der Waals surface area contributed by atoms with E-state index in [1.165, 1.54) is 0 Å². The van der Waals surface area contributed by atoms with Crippen molar-refractivity contribution < 1.29 is 4.21 Å². The van der Waals surface area contributed by atoms with Gasteiger partial charge in [-0.15, -0.1) is 0 Å². The standard InChI is InChI=1S/C22H27N5OS/c1-16(2)12-15-24-29(28)19-10-8-18(9-11-19)25-22-23-14-13-21(27-22)26-20-7-5-4-6-17(20)3/h4-11,13-14,16,24H,12,15H2,1-3H3,(H2,23,25,26,27). The SMILES string of the molecule is Cc1ccccc1Nc1ccnc(Nc2ccc(S(=O)NCCC(C)C)cc2)n1. The quantitative estimate of drug-likeness (QED) is 0.467. The summed E-state index contributed by atoms with van der Waals surface area (Å²) < 4.78 is 15.3. The molecule has 1 atom stereocenters. The molecular formula is C22H27N5OS. The molecule has 1 heterocycles. The average Bonchev–Trinajstić information content (AvgIpc) is 2.70. The first-order valence-corrected chi connectivity index (χ1v) is 10.8. The summed E-state index contributed by atoms with van der Waals surface area (Å²) in [5.41, 5.74) is 2.99. The monoisotopic (exact) mass is 409 g/mol. The van der Waals surface area contributed by atoms with E-state index in [0.29, 0.717) is 17.7 Å². The largest absolute Gasteiger partial charge is 0.340 e. The first-order chi connectivity index (χ1) is 14.0. The molecule has 6 nitrogen and oxygen atoms in total. The maximum Gasteiger partial charge on any atom is 0.229 e. The summed E-state index contributed by atoms with van der Waals surface area (Å²) in [5, 5.41) is 6.50. The third-order valence-electron chi connectivity index (χ3n) is 4.34. The average molecular weight is 410 g/mol. The van der Waals surface area contributed by atoms with Crippen LogP contribution in [0.4, 0.5) is 23.1 Å². The lowest BCUT2D eigenvalue weighted by Crippen LogP contribution is -2.19. The van der Waals surface area contributed by atoms with Gasteiger partial charge in [-0.1, -0.05) is 32.0 Å². The van der Waals surface area contributed by atoms with Gasteiger partial charge in [0.15, 0.2) is 0 Å². The molecule has 1 aromatic heterocycles. The topological polar surface area (TPSA) is 78.9 Å². The maximum absolute atomic E-state index is 12.3. The summed E-state index contributed by atoms with van der Waals surface area (Å²) in [6.45, 7) is 7.09. The third-order valence-corrected chi connectivity index (χ3v) is 5.51. The van der Waals surface area contributed by atoms with Crippen LogP contribution in [-0.2, 0) is 11.0 Å². The number of benzene rings is 2. The lowest BCUT2D eigenvalue weighted by Gasteiger charge is -2.11. The molecule has 0 saturated heterocycles. The van der Waals surface area contributed by atoms with Crippen molar-refractivity contribution >= 4 is 34.1 Å². The van der Waals surface area contributed by atoms with E-state index in [-0.39, 0.29) is 0 Å². The zero-order valence-corrected chi connectivity index (χ0v) is 17.8. The molecule has 0 aliphatic rings. The van der Waals surface area contributed by atoms with E-state index in [1.807, 2.05) is 61.5 Å². The van der Waals surface area contributed by atoms with E-state index < -0.39 is 11.0 Å². The van der Waals surface area contributed by atoms with Gasteiger partial charge in [0.2, 0.25) is 5.95 Å². The van der Waals surface area contributed by atoms with Crippen LogP contribution in [0.3, 0.4) is 0 Å². The molecule has 152 valence electrons. The van der Waals surface area contributed by atoms with Crippen LogP contribution in [0.25, 0.3) is 0 Å². The van der Waals surface area contributed by atoms with E-state index in [2.05, 4.69) is 39.2 Å². The third kappa shape index (κ3) is 6.37. The van der Waals surface area contributed by atoms with Crippen molar-refractivity contribution in [1.29, 1.82) is 0 Å². The molecule has 3 N–H and O–H groups in total. The van der Waals surface area contributed by atoms with Gasteiger partial charge in [0.1, 0.15) is 16.8 Å². The molecule has 0 fully saturated rings. The fraction of sp³-hybridized carbons (Fsp3) is 0.273. The van der Waals surface area contributed by atoms with Crippen LogP contribution in [0, 0.1) is 12.8 Å².